The van der Waals surface area contributed by atoms with Gasteiger partial charge in [-0.25, -0.2) is 0 Å². The van der Waals surface area contributed by atoms with Crippen molar-refractivity contribution in [1.29, 1.82) is 0 Å². The van der Waals surface area contributed by atoms with Gasteiger partial charge in [0.05, 0.1) is 6.04 Å². The first-order chi connectivity index (χ1) is 7.41. The van der Waals surface area contributed by atoms with E-state index >= 15 is 0 Å². The Labute approximate surface area is 105 Å². The molecule has 0 heterocycles. The number of carbonyl (C=O) groups is 1. The van der Waals surface area contributed by atoms with Crippen LogP contribution in [0.2, 0.25) is 10.0 Å². The summed E-state index contributed by atoms with van der Waals surface area (Å²) in [5, 5.41) is 4.27. The van der Waals surface area contributed by atoms with Gasteiger partial charge in [0.15, 0.2) is 0 Å². The molecular weight excluding hydrogens is 247 g/mol. The molecule has 1 aromatic rings. The van der Waals surface area contributed by atoms with E-state index in [1.807, 2.05) is 6.92 Å². The number of primary amides is 1. The van der Waals surface area contributed by atoms with Crippen molar-refractivity contribution in [3.05, 3.63) is 33.8 Å². The molecule has 0 saturated heterocycles. The summed E-state index contributed by atoms with van der Waals surface area (Å²) in [6.45, 7) is 3.61. The van der Waals surface area contributed by atoms with Gasteiger partial charge >= 0.3 is 0 Å². The van der Waals surface area contributed by atoms with Crippen molar-refractivity contribution in [3.63, 3.8) is 0 Å². The minimum Gasteiger partial charge on any atom is -0.368 e. The molecule has 1 amide bonds. The van der Waals surface area contributed by atoms with Gasteiger partial charge in [0.25, 0.3) is 0 Å². The van der Waals surface area contributed by atoms with Crippen molar-refractivity contribution < 1.29 is 4.79 Å². The predicted molar refractivity (Wildman–Crippen MR) is 66.7 cm³/mol. The zero-order valence-corrected chi connectivity index (χ0v) is 10.6. The highest BCUT2D eigenvalue weighted by atomic mass is 35.5. The number of hydrogen-bond donors (Lipinski definition) is 2. The highest BCUT2D eigenvalue weighted by Gasteiger charge is 2.15. The molecule has 2 unspecified atom stereocenters. The molecule has 0 spiro atoms. The van der Waals surface area contributed by atoms with Crippen molar-refractivity contribution in [2.75, 3.05) is 0 Å². The van der Waals surface area contributed by atoms with Crippen LogP contribution in [-0.2, 0) is 4.79 Å². The zero-order valence-electron chi connectivity index (χ0n) is 9.13. The van der Waals surface area contributed by atoms with E-state index in [0.717, 1.165) is 5.56 Å². The van der Waals surface area contributed by atoms with Gasteiger partial charge < -0.3 is 5.73 Å². The quantitative estimate of drug-likeness (QED) is 0.874. The first-order valence-corrected chi connectivity index (χ1v) is 5.67. The molecule has 0 aliphatic carbocycles. The standard InChI is InChI=1S/C11H14Cl2N2O/c1-6(15-7(2)11(14)16)9-5-8(12)3-4-10(9)13/h3-7,15H,1-2H3,(H2,14,16). The van der Waals surface area contributed by atoms with Crippen molar-refractivity contribution in [2.24, 2.45) is 5.73 Å². The van der Waals surface area contributed by atoms with E-state index in [0.29, 0.717) is 10.0 Å². The molecule has 16 heavy (non-hydrogen) atoms. The molecule has 0 aliphatic rings. The Morgan fingerprint density at radius 1 is 1.38 bits per heavy atom. The molecule has 0 radical (unpaired) electrons. The third-order valence-electron chi connectivity index (χ3n) is 2.35. The van der Waals surface area contributed by atoms with E-state index in [-0.39, 0.29) is 6.04 Å². The number of rotatable bonds is 4. The largest absolute Gasteiger partial charge is 0.368 e. The third-order valence-corrected chi connectivity index (χ3v) is 2.93. The normalized spacial score (nSPS) is 14.5. The Balaban J connectivity index is 2.83. The van der Waals surface area contributed by atoms with Gasteiger partial charge in [0.1, 0.15) is 0 Å². The second-order valence-corrected chi connectivity index (χ2v) is 4.52. The lowest BCUT2D eigenvalue weighted by Gasteiger charge is -2.19. The van der Waals surface area contributed by atoms with Crippen molar-refractivity contribution in [3.8, 4) is 0 Å². The highest BCUT2D eigenvalue weighted by Crippen LogP contribution is 2.26. The van der Waals surface area contributed by atoms with E-state index in [2.05, 4.69) is 5.32 Å². The second kappa shape index (κ2) is 5.53. The summed E-state index contributed by atoms with van der Waals surface area (Å²) in [6.07, 6.45) is 0. The molecule has 5 heteroatoms. The van der Waals surface area contributed by atoms with E-state index in [1.54, 1.807) is 25.1 Å². The summed E-state index contributed by atoms with van der Waals surface area (Å²) >= 11 is 11.9. The summed E-state index contributed by atoms with van der Waals surface area (Å²) in [7, 11) is 0. The van der Waals surface area contributed by atoms with E-state index < -0.39 is 11.9 Å². The number of amides is 1. The molecule has 3 nitrogen and oxygen atoms in total. The monoisotopic (exact) mass is 260 g/mol. The minimum absolute atomic E-state index is 0.0892. The average Bonchev–Trinajstić information content (AvgIpc) is 2.21. The molecular formula is C11H14Cl2N2O. The maximum Gasteiger partial charge on any atom is 0.234 e. The summed E-state index contributed by atoms with van der Waals surface area (Å²) in [4.78, 5) is 10.9. The van der Waals surface area contributed by atoms with Crippen LogP contribution in [0.25, 0.3) is 0 Å². The minimum atomic E-state index is -0.412. The lowest BCUT2D eigenvalue weighted by molar-refractivity contribution is -0.119. The van der Waals surface area contributed by atoms with E-state index in [4.69, 9.17) is 28.9 Å². The number of nitrogens with one attached hydrogen (secondary N) is 1. The zero-order chi connectivity index (χ0) is 12.3. The van der Waals surface area contributed by atoms with Crippen LogP contribution in [-0.4, -0.2) is 11.9 Å². The van der Waals surface area contributed by atoms with Crippen LogP contribution in [0.4, 0.5) is 0 Å². The summed E-state index contributed by atoms with van der Waals surface area (Å²) in [5.41, 5.74) is 6.02. The van der Waals surface area contributed by atoms with Crippen molar-refractivity contribution >= 4 is 29.1 Å². The molecule has 3 N–H and O–H groups in total. The fourth-order valence-corrected chi connectivity index (χ4v) is 1.86. The smallest absolute Gasteiger partial charge is 0.234 e. The summed E-state index contributed by atoms with van der Waals surface area (Å²) < 4.78 is 0. The molecule has 0 bridgehead atoms. The van der Waals surface area contributed by atoms with Crippen LogP contribution in [0, 0.1) is 0 Å². The summed E-state index contributed by atoms with van der Waals surface area (Å²) in [5.74, 6) is -0.398. The van der Waals surface area contributed by atoms with Crippen LogP contribution < -0.4 is 11.1 Å². The Morgan fingerprint density at radius 2 is 2.00 bits per heavy atom. The Bertz CT molecular complexity index is 396. The van der Waals surface area contributed by atoms with Gasteiger partial charge in [0, 0.05) is 16.1 Å². The van der Waals surface area contributed by atoms with Gasteiger partial charge in [0.2, 0.25) is 5.91 Å². The van der Waals surface area contributed by atoms with E-state index in [1.165, 1.54) is 0 Å². The van der Waals surface area contributed by atoms with Crippen LogP contribution in [0.15, 0.2) is 18.2 Å². The van der Waals surface area contributed by atoms with Crippen LogP contribution in [0.5, 0.6) is 0 Å². The topological polar surface area (TPSA) is 55.1 Å². The van der Waals surface area contributed by atoms with Crippen LogP contribution >= 0.6 is 23.2 Å². The lowest BCUT2D eigenvalue weighted by atomic mass is 10.1. The lowest BCUT2D eigenvalue weighted by Crippen LogP contribution is -2.40. The van der Waals surface area contributed by atoms with Gasteiger partial charge in [-0.15, -0.1) is 0 Å². The maximum atomic E-state index is 10.9. The molecule has 0 saturated carbocycles. The van der Waals surface area contributed by atoms with Gasteiger partial charge in [-0.05, 0) is 37.6 Å². The number of carbonyl (C=O) groups excluding carboxylic acids is 1. The Morgan fingerprint density at radius 3 is 2.56 bits per heavy atom. The first-order valence-electron chi connectivity index (χ1n) is 4.92. The number of hydrogen-bond acceptors (Lipinski definition) is 2. The Kier molecular flexibility index (Phi) is 4.59. The summed E-state index contributed by atoms with van der Waals surface area (Å²) in [6, 6.07) is 4.72. The maximum absolute atomic E-state index is 10.9. The fourth-order valence-electron chi connectivity index (χ4n) is 1.39. The van der Waals surface area contributed by atoms with Gasteiger partial charge in [-0.2, -0.15) is 0 Å². The molecule has 0 aliphatic heterocycles. The molecule has 88 valence electrons. The first kappa shape index (κ1) is 13.3. The third kappa shape index (κ3) is 3.37. The highest BCUT2D eigenvalue weighted by molar-refractivity contribution is 6.33. The second-order valence-electron chi connectivity index (χ2n) is 3.68. The number of benzene rings is 1. The van der Waals surface area contributed by atoms with Gasteiger partial charge in [-0.1, -0.05) is 23.2 Å². The van der Waals surface area contributed by atoms with Crippen molar-refractivity contribution in [2.45, 2.75) is 25.9 Å². The molecule has 1 rings (SSSR count). The van der Waals surface area contributed by atoms with Gasteiger partial charge in [-0.3, -0.25) is 10.1 Å². The number of nitrogens with two attached hydrogens (primary N) is 1. The van der Waals surface area contributed by atoms with Crippen molar-refractivity contribution in [1.82, 2.24) is 5.32 Å². The van der Waals surface area contributed by atoms with E-state index in [9.17, 15) is 4.79 Å². The SMILES string of the molecule is CC(NC(C)c1cc(Cl)ccc1Cl)C(N)=O. The van der Waals surface area contributed by atoms with Crippen LogP contribution in [0.1, 0.15) is 25.5 Å². The molecule has 0 fully saturated rings. The molecule has 1 aromatic carbocycles. The number of halogens is 2. The molecule has 2 atom stereocenters. The Hall–Kier alpha value is -0.770. The predicted octanol–water partition coefficient (Wildman–Crippen LogP) is 2.52. The average molecular weight is 261 g/mol. The fraction of sp³-hybridized carbons (Fsp3) is 0.364. The van der Waals surface area contributed by atoms with Crippen LogP contribution in [0.3, 0.4) is 0 Å². The molecule has 0 aromatic heterocycles.